The van der Waals surface area contributed by atoms with Gasteiger partial charge < -0.3 is 10.5 Å². The highest BCUT2D eigenvalue weighted by atomic mass is 35.5. The van der Waals surface area contributed by atoms with Crippen molar-refractivity contribution in [1.82, 2.24) is 24.5 Å². The van der Waals surface area contributed by atoms with Crippen LogP contribution in [0.3, 0.4) is 0 Å². The van der Waals surface area contributed by atoms with Crippen LogP contribution in [0.5, 0.6) is 5.75 Å². The monoisotopic (exact) mass is 524 g/mol. The Hall–Kier alpha value is -3.02. The zero-order valence-corrected chi connectivity index (χ0v) is 20.2. The number of rotatable bonds is 6. The Balaban J connectivity index is 0.00000304. The minimum absolute atomic E-state index is 0. The number of ether oxygens (including phenoxy) is 1. The summed E-state index contributed by atoms with van der Waals surface area (Å²) in [5.74, 6) is -0.0913. The second-order valence-electron chi connectivity index (χ2n) is 8.65. The highest BCUT2D eigenvalue weighted by molar-refractivity contribution is 5.85. The molecule has 0 bridgehead atoms. The summed E-state index contributed by atoms with van der Waals surface area (Å²) in [6, 6.07) is 7.33. The van der Waals surface area contributed by atoms with Crippen LogP contribution in [-0.4, -0.2) is 56.9 Å². The van der Waals surface area contributed by atoms with Crippen LogP contribution in [-0.2, 0) is 0 Å². The van der Waals surface area contributed by atoms with Crippen molar-refractivity contribution >= 4 is 29.0 Å². The predicted molar refractivity (Wildman–Crippen MR) is 130 cm³/mol. The molecule has 1 aliphatic rings. The SMILES string of the molecule is CCOc1cc2nc(-c3nnc4ccc([C@@H](N5CC[C@@H](CN)C5)C(F)(F)F)cn34)ccc2cc1F.Cl. The van der Waals surface area contributed by atoms with Crippen molar-refractivity contribution in [2.24, 2.45) is 11.7 Å². The number of nitrogens with zero attached hydrogens (tertiary/aromatic N) is 5. The largest absolute Gasteiger partial charge is 0.491 e. The van der Waals surface area contributed by atoms with Crippen molar-refractivity contribution in [3.63, 3.8) is 0 Å². The quantitative estimate of drug-likeness (QED) is 0.365. The molecule has 4 heterocycles. The first-order chi connectivity index (χ1) is 16.8. The predicted octanol–water partition coefficient (Wildman–Crippen LogP) is 4.79. The van der Waals surface area contributed by atoms with Crippen molar-refractivity contribution in [1.29, 1.82) is 0 Å². The lowest BCUT2D eigenvalue weighted by atomic mass is 10.1. The normalized spacial score (nSPS) is 17.4. The molecule has 3 aromatic heterocycles. The number of hydrogen-bond acceptors (Lipinski definition) is 6. The first-order valence-electron chi connectivity index (χ1n) is 11.4. The Labute approximate surface area is 210 Å². The first-order valence-corrected chi connectivity index (χ1v) is 11.4. The summed E-state index contributed by atoms with van der Waals surface area (Å²) in [6.07, 6.45) is -2.42. The number of hydrogen-bond donors (Lipinski definition) is 1. The standard InChI is InChI=1S/C24H24F4N6O.ClH/c1-2-35-20-10-19-15(9-17(20)25)3-5-18(30-19)23-32-31-21-6-4-16(13-34(21)23)22(24(26,27)28)33-8-7-14(11-29)12-33;/h3-6,9-10,13-14,22H,2,7-8,11-12,29H2,1H3;1H/t14-,22+;/m0./s1. The number of aromatic nitrogens is 4. The summed E-state index contributed by atoms with van der Waals surface area (Å²) in [6.45, 7) is 3.02. The van der Waals surface area contributed by atoms with E-state index >= 15 is 0 Å². The number of benzene rings is 1. The summed E-state index contributed by atoms with van der Waals surface area (Å²) in [5, 5.41) is 8.83. The second kappa shape index (κ2) is 10.2. The van der Waals surface area contributed by atoms with Gasteiger partial charge in [-0.05, 0) is 56.1 Å². The summed E-state index contributed by atoms with van der Waals surface area (Å²) < 4.78 is 63.6. The van der Waals surface area contributed by atoms with E-state index in [4.69, 9.17) is 10.5 Å². The molecule has 192 valence electrons. The Morgan fingerprint density at radius 3 is 2.67 bits per heavy atom. The summed E-state index contributed by atoms with van der Waals surface area (Å²) in [7, 11) is 0. The van der Waals surface area contributed by atoms with Gasteiger partial charge in [0.2, 0.25) is 0 Å². The average Bonchev–Trinajstić information content (AvgIpc) is 3.46. The van der Waals surface area contributed by atoms with E-state index in [9.17, 15) is 17.6 Å². The van der Waals surface area contributed by atoms with Gasteiger partial charge in [0, 0.05) is 24.2 Å². The van der Waals surface area contributed by atoms with Crippen LogP contribution in [0.15, 0.2) is 42.6 Å². The maximum Gasteiger partial charge on any atom is 0.408 e. The fourth-order valence-electron chi connectivity index (χ4n) is 4.65. The van der Waals surface area contributed by atoms with Crippen LogP contribution in [0, 0.1) is 11.7 Å². The average molecular weight is 525 g/mol. The van der Waals surface area contributed by atoms with Gasteiger partial charge in [0.05, 0.1) is 12.1 Å². The fraction of sp³-hybridized carbons (Fsp3) is 0.375. The van der Waals surface area contributed by atoms with Crippen LogP contribution in [0.1, 0.15) is 24.9 Å². The highest BCUT2D eigenvalue weighted by Crippen LogP contribution is 2.40. The molecule has 1 saturated heterocycles. The Morgan fingerprint density at radius 2 is 1.97 bits per heavy atom. The number of nitrogens with two attached hydrogens (primary N) is 1. The molecular weight excluding hydrogens is 500 g/mol. The fourth-order valence-corrected chi connectivity index (χ4v) is 4.65. The van der Waals surface area contributed by atoms with Gasteiger partial charge in [0.1, 0.15) is 11.7 Å². The van der Waals surface area contributed by atoms with Gasteiger partial charge in [-0.25, -0.2) is 9.37 Å². The molecule has 4 aromatic rings. The van der Waals surface area contributed by atoms with Crippen molar-refractivity contribution in [3.05, 3.63) is 54.0 Å². The third kappa shape index (κ3) is 4.82. The van der Waals surface area contributed by atoms with Crippen LogP contribution in [0.2, 0.25) is 0 Å². The lowest BCUT2D eigenvalue weighted by molar-refractivity contribution is -0.184. The molecule has 0 spiro atoms. The molecule has 1 aromatic carbocycles. The van der Waals surface area contributed by atoms with E-state index in [2.05, 4.69) is 15.2 Å². The van der Waals surface area contributed by atoms with Gasteiger partial charge in [-0.15, -0.1) is 22.6 Å². The van der Waals surface area contributed by atoms with E-state index in [1.807, 2.05) is 0 Å². The summed E-state index contributed by atoms with van der Waals surface area (Å²) in [5.41, 5.74) is 7.04. The zero-order chi connectivity index (χ0) is 24.7. The molecule has 12 heteroatoms. The van der Waals surface area contributed by atoms with Gasteiger partial charge in [-0.3, -0.25) is 9.30 Å². The third-order valence-corrected chi connectivity index (χ3v) is 6.34. The molecule has 5 rings (SSSR count). The van der Waals surface area contributed by atoms with Crippen molar-refractivity contribution in [2.75, 3.05) is 26.2 Å². The summed E-state index contributed by atoms with van der Waals surface area (Å²) in [4.78, 5) is 5.99. The molecule has 2 N–H and O–H groups in total. The molecule has 0 saturated carbocycles. The maximum atomic E-state index is 14.2. The molecule has 7 nitrogen and oxygen atoms in total. The van der Waals surface area contributed by atoms with Crippen LogP contribution < -0.4 is 10.5 Å². The molecule has 1 fully saturated rings. The Morgan fingerprint density at radius 1 is 1.17 bits per heavy atom. The van der Waals surface area contributed by atoms with Gasteiger partial charge in [0.15, 0.2) is 23.0 Å². The number of fused-ring (bicyclic) bond motifs is 2. The van der Waals surface area contributed by atoms with Crippen LogP contribution in [0.4, 0.5) is 17.6 Å². The van der Waals surface area contributed by atoms with Crippen molar-refractivity contribution in [3.8, 4) is 17.3 Å². The van der Waals surface area contributed by atoms with Crippen molar-refractivity contribution < 1.29 is 22.3 Å². The maximum absolute atomic E-state index is 14.2. The molecule has 0 amide bonds. The van der Waals surface area contributed by atoms with Crippen LogP contribution >= 0.6 is 12.4 Å². The van der Waals surface area contributed by atoms with Gasteiger partial charge in [-0.1, -0.05) is 12.1 Å². The van der Waals surface area contributed by atoms with E-state index in [-0.39, 0.29) is 35.5 Å². The first kappa shape index (κ1) is 26.1. The number of likely N-dealkylation sites (tertiary alicyclic amines) is 1. The van der Waals surface area contributed by atoms with Gasteiger partial charge in [-0.2, -0.15) is 13.2 Å². The Kier molecular flexibility index (Phi) is 7.35. The number of pyridine rings is 2. The van der Waals surface area contributed by atoms with Crippen molar-refractivity contribution in [2.45, 2.75) is 25.6 Å². The van der Waals surface area contributed by atoms with E-state index < -0.39 is 18.0 Å². The highest BCUT2D eigenvalue weighted by Gasteiger charge is 2.46. The smallest absolute Gasteiger partial charge is 0.408 e. The third-order valence-electron chi connectivity index (χ3n) is 6.34. The molecule has 36 heavy (non-hydrogen) atoms. The lowest BCUT2D eigenvalue weighted by Crippen LogP contribution is -2.37. The van der Waals surface area contributed by atoms with Gasteiger partial charge >= 0.3 is 6.18 Å². The van der Waals surface area contributed by atoms with Gasteiger partial charge in [0.25, 0.3) is 0 Å². The molecule has 0 aliphatic carbocycles. The molecule has 2 atom stereocenters. The van der Waals surface area contributed by atoms with E-state index in [0.29, 0.717) is 54.9 Å². The van der Waals surface area contributed by atoms with E-state index in [1.54, 1.807) is 19.1 Å². The number of alkyl halides is 3. The Bertz CT molecular complexity index is 1380. The molecule has 0 radical (unpaired) electrons. The van der Waals surface area contributed by atoms with E-state index in [1.165, 1.54) is 39.8 Å². The minimum Gasteiger partial charge on any atom is -0.491 e. The van der Waals surface area contributed by atoms with E-state index in [0.717, 1.165) is 0 Å². The molecule has 1 aliphatic heterocycles. The molecule has 0 unspecified atom stereocenters. The second-order valence-corrected chi connectivity index (χ2v) is 8.65. The summed E-state index contributed by atoms with van der Waals surface area (Å²) >= 11 is 0. The minimum atomic E-state index is -4.47. The lowest BCUT2D eigenvalue weighted by Gasteiger charge is -2.30. The number of halogens is 5. The van der Waals surface area contributed by atoms with Crippen LogP contribution in [0.25, 0.3) is 28.1 Å². The zero-order valence-electron chi connectivity index (χ0n) is 19.4. The molecular formula is C24H25ClF4N6O. The topological polar surface area (TPSA) is 81.6 Å².